The molecule has 1 heterocycles. The monoisotopic (exact) mass is 319 g/mol. The number of halogens is 2. The lowest BCUT2D eigenvalue weighted by atomic mass is 9.73. The van der Waals surface area contributed by atoms with Gasteiger partial charge in [0.1, 0.15) is 0 Å². The topological polar surface area (TPSA) is 29.1 Å². The van der Waals surface area contributed by atoms with Crippen LogP contribution in [0, 0.1) is 0 Å². The van der Waals surface area contributed by atoms with Crippen molar-refractivity contribution in [3.63, 3.8) is 0 Å². The second kappa shape index (κ2) is 6.57. The van der Waals surface area contributed by atoms with Crippen LogP contribution in [0.5, 0.6) is 0 Å². The minimum absolute atomic E-state index is 0.0398. The van der Waals surface area contributed by atoms with Gasteiger partial charge in [-0.05, 0) is 43.5 Å². The Balaban J connectivity index is 2.29. The first kappa shape index (κ1) is 15.3. The van der Waals surface area contributed by atoms with Crippen LogP contribution in [0.25, 0.3) is 0 Å². The van der Waals surface area contributed by atoms with Gasteiger partial charge in [0.25, 0.3) is 0 Å². The average Bonchev–Trinajstić information content (AvgIpc) is 2.40. The quantitative estimate of drug-likeness (QED) is 0.921. The highest BCUT2D eigenvalue weighted by molar-refractivity contribution is 7.84. The minimum Gasteiger partial charge on any atom is -0.316 e. The maximum Gasteiger partial charge on any atom is 0.0595 e. The van der Waals surface area contributed by atoms with Crippen molar-refractivity contribution in [2.75, 3.05) is 25.1 Å². The van der Waals surface area contributed by atoms with Crippen LogP contribution in [0.1, 0.15) is 24.8 Å². The first-order chi connectivity index (χ1) is 9.03. The van der Waals surface area contributed by atoms with Crippen molar-refractivity contribution < 1.29 is 4.21 Å². The second-order valence-corrected chi connectivity index (χ2v) is 7.59. The van der Waals surface area contributed by atoms with Gasteiger partial charge in [-0.2, -0.15) is 0 Å². The summed E-state index contributed by atoms with van der Waals surface area (Å²) in [5.74, 6) is 0.724. The third-order valence-electron chi connectivity index (χ3n) is 3.87. The van der Waals surface area contributed by atoms with Gasteiger partial charge in [-0.3, -0.25) is 4.21 Å². The molecule has 2 unspecified atom stereocenters. The zero-order valence-corrected chi connectivity index (χ0v) is 13.4. The van der Waals surface area contributed by atoms with Gasteiger partial charge < -0.3 is 5.32 Å². The Kier molecular flexibility index (Phi) is 5.29. The fourth-order valence-corrected chi connectivity index (χ4v) is 3.71. The van der Waals surface area contributed by atoms with E-state index in [4.69, 9.17) is 23.2 Å². The summed E-state index contributed by atoms with van der Waals surface area (Å²) in [5, 5.41) is 4.64. The summed E-state index contributed by atoms with van der Waals surface area (Å²) in [4.78, 5) is 0. The molecule has 0 aliphatic carbocycles. The van der Waals surface area contributed by atoms with E-state index in [1.165, 1.54) is 5.56 Å². The van der Waals surface area contributed by atoms with Crippen molar-refractivity contribution in [2.45, 2.75) is 24.7 Å². The lowest BCUT2D eigenvalue weighted by molar-refractivity contribution is 0.304. The van der Waals surface area contributed by atoms with Gasteiger partial charge >= 0.3 is 0 Å². The molecule has 0 bridgehead atoms. The van der Waals surface area contributed by atoms with Crippen LogP contribution in [0.2, 0.25) is 10.0 Å². The Morgan fingerprint density at radius 3 is 2.74 bits per heavy atom. The van der Waals surface area contributed by atoms with Crippen molar-refractivity contribution >= 4 is 34.0 Å². The minimum atomic E-state index is -0.763. The Morgan fingerprint density at radius 1 is 1.37 bits per heavy atom. The Hall–Kier alpha value is -0.0900. The highest BCUT2D eigenvalue weighted by Gasteiger charge is 2.34. The summed E-state index contributed by atoms with van der Waals surface area (Å²) in [6, 6.07) is 5.88. The molecule has 1 aromatic carbocycles. The fraction of sp³-hybridized carbons (Fsp3) is 0.571. The largest absolute Gasteiger partial charge is 0.316 e. The van der Waals surface area contributed by atoms with Crippen LogP contribution in [0.3, 0.4) is 0 Å². The maximum absolute atomic E-state index is 11.4. The first-order valence-corrected chi connectivity index (χ1v) is 8.98. The molecule has 0 saturated carbocycles. The van der Waals surface area contributed by atoms with Crippen molar-refractivity contribution in [2.24, 2.45) is 0 Å². The van der Waals surface area contributed by atoms with Gasteiger partial charge in [0.2, 0.25) is 0 Å². The van der Waals surface area contributed by atoms with E-state index >= 15 is 0 Å². The summed E-state index contributed by atoms with van der Waals surface area (Å²) in [6.07, 6.45) is 4.92. The molecule has 1 fully saturated rings. The standard InChI is InChI=1S/C14H19Cl2NOS/c1-19(18)8-6-14(5-2-7-17-10-14)11-3-4-12(15)13(16)9-11/h3-4,9,17H,2,5-8,10H2,1H3. The third kappa shape index (κ3) is 3.72. The molecule has 0 spiro atoms. The van der Waals surface area contributed by atoms with Crippen LogP contribution in [0.15, 0.2) is 18.2 Å². The molecular formula is C14H19Cl2NOS. The number of hydrogen-bond donors (Lipinski definition) is 1. The molecule has 2 nitrogen and oxygen atoms in total. The molecule has 106 valence electrons. The normalized spacial score (nSPS) is 25.2. The number of benzene rings is 1. The lowest BCUT2D eigenvalue weighted by Crippen LogP contribution is -2.44. The van der Waals surface area contributed by atoms with E-state index < -0.39 is 10.8 Å². The van der Waals surface area contributed by atoms with Crippen molar-refractivity contribution in [3.8, 4) is 0 Å². The number of rotatable bonds is 4. The summed E-state index contributed by atoms with van der Waals surface area (Å²) >= 11 is 12.1. The number of hydrogen-bond acceptors (Lipinski definition) is 2. The van der Waals surface area contributed by atoms with Gasteiger partial charge in [-0.1, -0.05) is 29.3 Å². The van der Waals surface area contributed by atoms with Gasteiger partial charge in [0.05, 0.1) is 10.0 Å². The molecule has 1 aliphatic rings. The Morgan fingerprint density at radius 2 is 2.16 bits per heavy atom. The van der Waals surface area contributed by atoms with E-state index in [1.54, 1.807) is 6.26 Å². The maximum atomic E-state index is 11.4. The first-order valence-electron chi connectivity index (χ1n) is 6.50. The predicted molar refractivity (Wildman–Crippen MR) is 83.8 cm³/mol. The summed E-state index contributed by atoms with van der Waals surface area (Å²) in [7, 11) is -0.763. The van der Waals surface area contributed by atoms with Crippen molar-refractivity contribution in [1.82, 2.24) is 5.32 Å². The van der Waals surface area contributed by atoms with E-state index in [-0.39, 0.29) is 5.41 Å². The molecular weight excluding hydrogens is 301 g/mol. The van der Waals surface area contributed by atoms with Gasteiger partial charge in [0.15, 0.2) is 0 Å². The van der Waals surface area contributed by atoms with E-state index in [9.17, 15) is 4.21 Å². The summed E-state index contributed by atoms with van der Waals surface area (Å²) < 4.78 is 11.4. The zero-order valence-electron chi connectivity index (χ0n) is 11.0. The van der Waals surface area contributed by atoms with Crippen LogP contribution in [-0.4, -0.2) is 29.3 Å². The second-order valence-electron chi connectivity index (χ2n) is 5.22. The number of piperidine rings is 1. The van der Waals surface area contributed by atoms with E-state index in [0.29, 0.717) is 10.0 Å². The Bertz CT molecular complexity index is 473. The average molecular weight is 320 g/mol. The highest BCUT2D eigenvalue weighted by atomic mass is 35.5. The van der Waals surface area contributed by atoms with E-state index in [1.807, 2.05) is 12.1 Å². The molecule has 2 rings (SSSR count). The lowest BCUT2D eigenvalue weighted by Gasteiger charge is -2.38. The van der Waals surface area contributed by atoms with E-state index in [2.05, 4.69) is 11.4 Å². The molecule has 5 heteroatoms. The van der Waals surface area contributed by atoms with Crippen molar-refractivity contribution in [3.05, 3.63) is 33.8 Å². The van der Waals surface area contributed by atoms with Crippen LogP contribution in [0.4, 0.5) is 0 Å². The molecule has 19 heavy (non-hydrogen) atoms. The predicted octanol–water partition coefficient (Wildman–Crippen LogP) is 3.38. The van der Waals surface area contributed by atoms with Gasteiger partial charge in [0, 0.05) is 34.8 Å². The molecule has 1 saturated heterocycles. The van der Waals surface area contributed by atoms with Crippen LogP contribution < -0.4 is 5.32 Å². The van der Waals surface area contributed by atoms with Crippen LogP contribution >= 0.6 is 23.2 Å². The molecule has 0 aromatic heterocycles. The van der Waals surface area contributed by atoms with Crippen LogP contribution in [-0.2, 0) is 16.2 Å². The van der Waals surface area contributed by atoms with Gasteiger partial charge in [-0.25, -0.2) is 0 Å². The molecule has 2 atom stereocenters. The highest BCUT2D eigenvalue weighted by Crippen LogP contribution is 2.37. The number of nitrogens with one attached hydrogen (secondary N) is 1. The van der Waals surface area contributed by atoms with Crippen molar-refractivity contribution in [1.29, 1.82) is 0 Å². The Labute approximate surface area is 127 Å². The van der Waals surface area contributed by atoms with Gasteiger partial charge in [-0.15, -0.1) is 0 Å². The molecule has 1 N–H and O–H groups in total. The van der Waals surface area contributed by atoms with E-state index in [0.717, 1.165) is 38.1 Å². The molecule has 0 amide bonds. The molecule has 1 aliphatic heterocycles. The SMILES string of the molecule is CS(=O)CCC1(c2ccc(Cl)c(Cl)c2)CCCNC1. The third-order valence-corrected chi connectivity index (χ3v) is 5.39. The zero-order chi connectivity index (χ0) is 13.9. The molecule has 0 radical (unpaired) electrons. The summed E-state index contributed by atoms with van der Waals surface area (Å²) in [6.45, 7) is 1.97. The molecule has 1 aromatic rings. The summed E-state index contributed by atoms with van der Waals surface area (Å²) in [5.41, 5.74) is 1.25. The smallest absolute Gasteiger partial charge is 0.0595 e. The fourth-order valence-electron chi connectivity index (χ4n) is 2.74.